The Kier molecular flexibility index (Phi) is 4.32. The summed E-state index contributed by atoms with van der Waals surface area (Å²) in [5.41, 5.74) is 0.905. The minimum Gasteiger partial charge on any atom is -0.381 e. The van der Waals surface area contributed by atoms with Crippen LogP contribution < -0.4 is 5.32 Å². The van der Waals surface area contributed by atoms with Crippen LogP contribution in [0.5, 0.6) is 0 Å². The molecule has 0 atom stereocenters. The molecule has 102 valence electrons. The molecule has 0 amide bonds. The predicted octanol–water partition coefficient (Wildman–Crippen LogP) is 1.59. The lowest BCUT2D eigenvalue weighted by Gasteiger charge is -2.22. The lowest BCUT2D eigenvalue weighted by atomic mass is 10.1. The predicted molar refractivity (Wildman–Crippen MR) is 75.6 cm³/mol. The second-order valence-corrected chi connectivity index (χ2v) is 5.66. The van der Waals surface area contributed by atoms with E-state index in [4.69, 9.17) is 4.74 Å². The van der Waals surface area contributed by atoms with Gasteiger partial charge in [-0.25, -0.2) is 0 Å². The molecule has 0 aromatic carbocycles. The molecule has 19 heavy (non-hydrogen) atoms. The zero-order valence-electron chi connectivity index (χ0n) is 10.8. The third-order valence-corrected chi connectivity index (χ3v) is 4.21. The van der Waals surface area contributed by atoms with Crippen LogP contribution in [0.3, 0.4) is 0 Å². The van der Waals surface area contributed by atoms with Crippen LogP contribution in [0.15, 0.2) is 29.6 Å². The maximum Gasteiger partial charge on any atom is 0.195 e. The Hall–Kier alpha value is -1.11. The second kappa shape index (κ2) is 6.36. The van der Waals surface area contributed by atoms with E-state index < -0.39 is 0 Å². The molecular weight excluding hydrogens is 260 g/mol. The van der Waals surface area contributed by atoms with Crippen molar-refractivity contribution in [3.8, 4) is 0 Å². The third kappa shape index (κ3) is 3.26. The van der Waals surface area contributed by atoms with Crippen molar-refractivity contribution >= 4 is 17.4 Å². The number of ether oxygens (including phenoxy) is 1. The van der Waals surface area contributed by atoms with E-state index in [0.717, 1.165) is 49.2 Å². The smallest absolute Gasteiger partial charge is 0.195 e. The fourth-order valence-electron chi connectivity index (χ4n) is 2.22. The molecule has 1 fully saturated rings. The highest BCUT2D eigenvalue weighted by molar-refractivity contribution is 7.99. The van der Waals surface area contributed by atoms with Crippen LogP contribution in [-0.4, -0.2) is 46.2 Å². The average Bonchev–Trinajstić information content (AvgIpc) is 2.88. The SMILES string of the molecule is c1ccn2c(SCCNC3CCOCC3)nnc2c1. The monoisotopic (exact) mass is 278 g/mol. The zero-order chi connectivity index (χ0) is 12.9. The van der Waals surface area contributed by atoms with Gasteiger partial charge in [0.15, 0.2) is 10.8 Å². The molecule has 0 bridgehead atoms. The molecule has 1 N–H and O–H groups in total. The number of nitrogens with zero attached hydrogens (tertiary/aromatic N) is 3. The van der Waals surface area contributed by atoms with Crippen molar-refractivity contribution < 1.29 is 4.74 Å². The third-order valence-electron chi connectivity index (χ3n) is 3.27. The molecule has 1 aliphatic heterocycles. The topological polar surface area (TPSA) is 51.5 Å². The first-order chi connectivity index (χ1) is 9.43. The lowest BCUT2D eigenvalue weighted by Crippen LogP contribution is -2.36. The van der Waals surface area contributed by atoms with E-state index in [2.05, 4.69) is 15.5 Å². The highest BCUT2D eigenvalue weighted by Gasteiger charge is 2.12. The normalized spacial score (nSPS) is 17.1. The fourth-order valence-corrected chi connectivity index (χ4v) is 3.02. The molecule has 5 nitrogen and oxygen atoms in total. The van der Waals surface area contributed by atoms with E-state index >= 15 is 0 Å². The summed E-state index contributed by atoms with van der Waals surface area (Å²) >= 11 is 1.74. The average molecular weight is 278 g/mol. The number of pyridine rings is 1. The number of hydrogen-bond donors (Lipinski definition) is 1. The van der Waals surface area contributed by atoms with Gasteiger partial charge in [0.2, 0.25) is 0 Å². The minimum atomic E-state index is 0.615. The molecule has 0 saturated carbocycles. The standard InChI is InChI=1S/C13H18N4OS/c1-2-7-17-12(3-1)15-16-13(17)19-10-6-14-11-4-8-18-9-5-11/h1-3,7,11,14H,4-6,8-10H2. The molecule has 2 aromatic rings. The molecule has 0 aliphatic carbocycles. The van der Waals surface area contributed by atoms with E-state index in [1.807, 2.05) is 28.8 Å². The Morgan fingerprint density at radius 3 is 3.11 bits per heavy atom. The van der Waals surface area contributed by atoms with E-state index in [-0.39, 0.29) is 0 Å². The molecule has 0 radical (unpaired) electrons. The summed E-state index contributed by atoms with van der Waals surface area (Å²) in [4.78, 5) is 0. The molecular formula is C13H18N4OS. The Labute approximate surface area is 116 Å². The molecule has 1 aliphatic rings. The highest BCUT2D eigenvalue weighted by Crippen LogP contribution is 2.16. The molecule has 0 spiro atoms. The minimum absolute atomic E-state index is 0.615. The van der Waals surface area contributed by atoms with Crippen LogP contribution in [0.25, 0.3) is 5.65 Å². The summed E-state index contributed by atoms with van der Waals surface area (Å²) in [6, 6.07) is 6.56. The van der Waals surface area contributed by atoms with Gasteiger partial charge in [-0.2, -0.15) is 0 Å². The number of thioether (sulfide) groups is 1. The quantitative estimate of drug-likeness (QED) is 0.665. The second-order valence-electron chi connectivity index (χ2n) is 4.60. The Morgan fingerprint density at radius 2 is 2.21 bits per heavy atom. The Bertz CT molecular complexity index is 524. The van der Waals surface area contributed by atoms with Crippen molar-refractivity contribution in [2.75, 3.05) is 25.5 Å². The van der Waals surface area contributed by atoms with Gasteiger partial charge in [0.1, 0.15) is 0 Å². The van der Waals surface area contributed by atoms with Gasteiger partial charge >= 0.3 is 0 Å². The molecule has 3 heterocycles. The van der Waals surface area contributed by atoms with Crippen molar-refractivity contribution in [1.82, 2.24) is 19.9 Å². The van der Waals surface area contributed by atoms with Gasteiger partial charge in [0.25, 0.3) is 0 Å². The maximum absolute atomic E-state index is 5.35. The summed E-state index contributed by atoms with van der Waals surface area (Å²) in [7, 11) is 0. The lowest BCUT2D eigenvalue weighted by molar-refractivity contribution is 0.0786. The van der Waals surface area contributed by atoms with Gasteiger partial charge < -0.3 is 10.1 Å². The van der Waals surface area contributed by atoms with Crippen LogP contribution in [-0.2, 0) is 4.74 Å². The van der Waals surface area contributed by atoms with E-state index in [0.29, 0.717) is 6.04 Å². The molecule has 0 unspecified atom stereocenters. The summed E-state index contributed by atoms with van der Waals surface area (Å²) in [6.07, 6.45) is 4.25. The van der Waals surface area contributed by atoms with Gasteiger partial charge in [-0.1, -0.05) is 17.8 Å². The maximum atomic E-state index is 5.35. The Balaban J connectivity index is 1.47. The summed E-state index contributed by atoms with van der Waals surface area (Å²) in [5, 5.41) is 12.9. The van der Waals surface area contributed by atoms with Gasteiger partial charge in [-0.15, -0.1) is 10.2 Å². The van der Waals surface area contributed by atoms with Gasteiger partial charge in [0, 0.05) is 37.8 Å². The van der Waals surface area contributed by atoms with Crippen molar-refractivity contribution in [2.24, 2.45) is 0 Å². The van der Waals surface area contributed by atoms with Crippen molar-refractivity contribution in [3.63, 3.8) is 0 Å². The van der Waals surface area contributed by atoms with Crippen LogP contribution in [0.4, 0.5) is 0 Å². The molecule has 6 heteroatoms. The first-order valence-corrected chi connectivity index (χ1v) is 7.66. The van der Waals surface area contributed by atoms with Crippen molar-refractivity contribution in [1.29, 1.82) is 0 Å². The number of hydrogen-bond acceptors (Lipinski definition) is 5. The Morgan fingerprint density at radius 1 is 1.32 bits per heavy atom. The number of nitrogens with one attached hydrogen (secondary N) is 1. The van der Waals surface area contributed by atoms with Crippen molar-refractivity contribution in [3.05, 3.63) is 24.4 Å². The van der Waals surface area contributed by atoms with E-state index in [9.17, 15) is 0 Å². The van der Waals surface area contributed by atoms with Crippen LogP contribution >= 0.6 is 11.8 Å². The number of aromatic nitrogens is 3. The largest absolute Gasteiger partial charge is 0.381 e. The first-order valence-electron chi connectivity index (χ1n) is 6.67. The highest BCUT2D eigenvalue weighted by atomic mass is 32.2. The van der Waals surface area contributed by atoms with Crippen molar-refractivity contribution in [2.45, 2.75) is 24.0 Å². The number of fused-ring (bicyclic) bond motifs is 1. The van der Waals surface area contributed by atoms with Crippen LogP contribution in [0, 0.1) is 0 Å². The van der Waals surface area contributed by atoms with Gasteiger partial charge in [0.05, 0.1) is 0 Å². The fraction of sp³-hybridized carbons (Fsp3) is 0.538. The van der Waals surface area contributed by atoms with Crippen LogP contribution in [0.2, 0.25) is 0 Å². The number of rotatable bonds is 5. The summed E-state index contributed by atoms with van der Waals surface area (Å²) in [5.74, 6) is 1.01. The van der Waals surface area contributed by atoms with Gasteiger partial charge in [-0.05, 0) is 25.0 Å². The summed E-state index contributed by atoms with van der Waals surface area (Å²) < 4.78 is 7.37. The molecule has 3 rings (SSSR count). The molecule has 1 saturated heterocycles. The zero-order valence-corrected chi connectivity index (χ0v) is 11.6. The van der Waals surface area contributed by atoms with E-state index in [1.165, 1.54) is 0 Å². The molecule has 2 aromatic heterocycles. The first kappa shape index (κ1) is 12.9. The van der Waals surface area contributed by atoms with E-state index in [1.54, 1.807) is 11.8 Å². The van der Waals surface area contributed by atoms with Gasteiger partial charge in [-0.3, -0.25) is 4.40 Å². The summed E-state index contributed by atoms with van der Waals surface area (Å²) in [6.45, 7) is 2.77. The van der Waals surface area contributed by atoms with Crippen LogP contribution in [0.1, 0.15) is 12.8 Å².